The summed E-state index contributed by atoms with van der Waals surface area (Å²) >= 11 is 0. The molecular formula is C9H18O3S. The van der Waals surface area contributed by atoms with E-state index in [0.29, 0.717) is 13.0 Å². The van der Waals surface area contributed by atoms with Gasteiger partial charge < -0.3 is 4.74 Å². The van der Waals surface area contributed by atoms with Crippen LogP contribution in [0, 0.1) is 0 Å². The van der Waals surface area contributed by atoms with Gasteiger partial charge in [-0.25, -0.2) is 0 Å². The fraction of sp³-hybridized carbons (Fsp3) is 0.889. The van der Waals surface area contributed by atoms with Crippen molar-refractivity contribution in [3.63, 3.8) is 0 Å². The van der Waals surface area contributed by atoms with Crippen LogP contribution in [0.2, 0.25) is 0 Å². The highest BCUT2D eigenvalue weighted by molar-refractivity contribution is 7.84. The second-order valence-electron chi connectivity index (χ2n) is 2.89. The first-order valence-electron chi connectivity index (χ1n) is 4.62. The Bertz CT molecular complexity index is 168. The van der Waals surface area contributed by atoms with Crippen molar-refractivity contribution < 1.29 is 13.7 Å². The first kappa shape index (κ1) is 12.6. The molecule has 0 bridgehead atoms. The maximum absolute atomic E-state index is 10.9. The smallest absolute Gasteiger partial charge is 0.305 e. The van der Waals surface area contributed by atoms with Crippen molar-refractivity contribution in [2.75, 3.05) is 18.6 Å². The van der Waals surface area contributed by atoms with E-state index in [1.165, 1.54) is 0 Å². The molecule has 0 aliphatic rings. The van der Waals surface area contributed by atoms with Crippen LogP contribution in [0.5, 0.6) is 0 Å². The molecule has 0 saturated heterocycles. The molecule has 0 aromatic heterocycles. The zero-order chi connectivity index (χ0) is 10.1. The molecule has 0 aliphatic carbocycles. The summed E-state index contributed by atoms with van der Waals surface area (Å²) < 4.78 is 15.4. The molecule has 0 aromatic rings. The molecule has 1 unspecified atom stereocenters. The molecule has 0 saturated carbocycles. The zero-order valence-electron chi connectivity index (χ0n) is 8.38. The van der Waals surface area contributed by atoms with Crippen molar-refractivity contribution in [3.8, 4) is 0 Å². The first-order valence-corrected chi connectivity index (χ1v) is 6.35. The number of carbonyl (C=O) groups excluding carboxylic acids is 1. The molecule has 0 N–H and O–H groups in total. The number of hydrogen-bond donors (Lipinski definition) is 0. The Hall–Kier alpha value is -0.380. The van der Waals surface area contributed by atoms with Gasteiger partial charge in [0, 0.05) is 29.2 Å². The van der Waals surface area contributed by atoms with Gasteiger partial charge >= 0.3 is 5.97 Å². The van der Waals surface area contributed by atoms with Crippen LogP contribution in [0.15, 0.2) is 0 Å². The summed E-state index contributed by atoms with van der Waals surface area (Å²) in [5.41, 5.74) is 0. The molecule has 0 spiro atoms. The van der Waals surface area contributed by atoms with E-state index < -0.39 is 10.8 Å². The highest BCUT2D eigenvalue weighted by Gasteiger charge is 2.00. The lowest BCUT2D eigenvalue weighted by atomic mass is 10.2. The van der Waals surface area contributed by atoms with Gasteiger partial charge in [-0.3, -0.25) is 9.00 Å². The SMILES string of the molecule is CCOC(=O)CCCCCS(C)=O. The number of rotatable bonds is 7. The molecule has 0 amide bonds. The summed E-state index contributed by atoms with van der Waals surface area (Å²) in [5, 5.41) is 0. The van der Waals surface area contributed by atoms with Crippen molar-refractivity contribution in [2.45, 2.75) is 32.6 Å². The van der Waals surface area contributed by atoms with Crippen molar-refractivity contribution in [1.29, 1.82) is 0 Å². The monoisotopic (exact) mass is 206 g/mol. The number of esters is 1. The van der Waals surface area contributed by atoms with Crippen LogP contribution in [0.3, 0.4) is 0 Å². The van der Waals surface area contributed by atoms with Gasteiger partial charge in [-0.2, -0.15) is 0 Å². The molecule has 13 heavy (non-hydrogen) atoms. The van der Waals surface area contributed by atoms with Crippen molar-refractivity contribution in [3.05, 3.63) is 0 Å². The summed E-state index contributed by atoms with van der Waals surface area (Å²) in [4.78, 5) is 10.9. The molecule has 0 radical (unpaired) electrons. The van der Waals surface area contributed by atoms with Crippen LogP contribution >= 0.6 is 0 Å². The molecule has 3 nitrogen and oxygen atoms in total. The van der Waals surface area contributed by atoms with E-state index in [9.17, 15) is 9.00 Å². The Labute approximate surface area is 82.3 Å². The predicted molar refractivity (Wildman–Crippen MR) is 54.0 cm³/mol. The highest BCUT2D eigenvalue weighted by atomic mass is 32.2. The van der Waals surface area contributed by atoms with E-state index in [-0.39, 0.29) is 5.97 Å². The topological polar surface area (TPSA) is 43.4 Å². The van der Waals surface area contributed by atoms with E-state index in [4.69, 9.17) is 4.74 Å². The number of ether oxygens (including phenoxy) is 1. The molecule has 0 rings (SSSR count). The summed E-state index contributed by atoms with van der Waals surface area (Å²) in [7, 11) is -0.699. The van der Waals surface area contributed by atoms with Crippen molar-refractivity contribution >= 4 is 16.8 Å². The average molecular weight is 206 g/mol. The number of carbonyl (C=O) groups is 1. The minimum absolute atomic E-state index is 0.125. The zero-order valence-corrected chi connectivity index (χ0v) is 9.19. The lowest BCUT2D eigenvalue weighted by molar-refractivity contribution is -0.143. The maximum Gasteiger partial charge on any atom is 0.305 e. The van der Waals surface area contributed by atoms with E-state index in [1.807, 2.05) is 0 Å². The lowest BCUT2D eigenvalue weighted by Crippen LogP contribution is -2.03. The first-order chi connectivity index (χ1) is 6.16. The van der Waals surface area contributed by atoms with Gasteiger partial charge in [-0.05, 0) is 19.8 Å². The lowest BCUT2D eigenvalue weighted by Gasteiger charge is -2.00. The Balaban J connectivity index is 3.16. The molecule has 4 heteroatoms. The van der Waals surface area contributed by atoms with Crippen LogP contribution in [-0.2, 0) is 20.3 Å². The Morgan fingerprint density at radius 3 is 2.54 bits per heavy atom. The second-order valence-corrected chi connectivity index (χ2v) is 4.45. The predicted octanol–water partition coefficient (Wildman–Crippen LogP) is 1.49. The number of unbranched alkanes of at least 4 members (excludes halogenated alkanes) is 2. The molecule has 0 aliphatic heterocycles. The van der Waals surface area contributed by atoms with Gasteiger partial charge in [0.25, 0.3) is 0 Å². The normalized spacial score (nSPS) is 12.5. The van der Waals surface area contributed by atoms with Crippen molar-refractivity contribution in [2.24, 2.45) is 0 Å². The van der Waals surface area contributed by atoms with Crippen LogP contribution in [0.4, 0.5) is 0 Å². The Morgan fingerprint density at radius 1 is 1.31 bits per heavy atom. The summed E-state index contributed by atoms with van der Waals surface area (Å²) in [6, 6.07) is 0. The van der Waals surface area contributed by atoms with E-state index in [0.717, 1.165) is 25.0 Å². The minimum Gasteiger partial charge on any atom is -0.466 e. The van der Waals surface area contributed by atoms with E-state index in [1.54, 1.807) is 13.2 Å². The molecule has 0 heterocycles. The fourth-order valence-electron chi connectivity index (χ4n) is 0.985. The van der Waals surface area contributed by atoms with Crippen LogP contribution in [0.25, 0.3) is 0 Å². The van der Waals surface area contributed by atoms with Gasteiger partial charge in [0.2, 0.25) is 0 Å². The summed E-state index contributed by atoms with van der Waals surface area (Å²) in [6.07, 6.45) is 4.92. The van der Waals surface area contributed by atoms with Crippen LogP contribution in [-0.4, -0.2) is 28.8 Å². The molecular weight excluding hydrogens is 188 g/mol. The van der Waals surface area contributed by atoms with Crippen LogP contribution < -0.4 is 0 Å². The Morgan fingerprint density at radius 2 is 2.00 bits per heavy atom. The fourth-order valence-corrected chi connectivity index (χ4v) is 1.60. The van der Waals surface area contributed by atoms with Gasteiger partial charge in [0.1, 0.15) is 0 Å². The standard InChI is InChI=1S/C9H18O3S/c1-3-12-9(10)7-5-4-6-8-13(2)11/h3-8H2,1-2H3. The van der Waals surface area contributed by atoms with Gasteiger partial charge in [0.05, 0.1) is 6.61 Å². The largest absolute Gasteiger partial charge is 0.466 e. The third kappa shape index (κ3) is 9.53. The highest BCUT2D eigenvalue weighted by Crippen LogP contribution is 2.01. The van der Waals surface area contributed by atoms with Gasteiger partial charge in [-0.1, -0.05) is 6.42 Å². The third-order valence-corrected chi connectivity index (χ3v) is 2.48. The quantitative estimate of drug-likeness (QED) is 0.468. The van der Waals surface area contributed by atoms with E-state index in [2.05, 4.69) is 0 Å². The number of hydrogen-bond acceptors (Lipinski definition) is 3. The minimum atomic E-state index is -0.699. The summed E-state index contributed by atoms with van der Waals surface area (Å²) in [6.45, 7) is 2.26. The van der Waals surface area contributed by atoms with Crippen molar-refractivity contribution in [1.82, 2.24) is 0 Å². The third-order valence-electron chi connectivity index (χ3n) is 1.62. The molecule has 78 valence electrons. The summed E-state index contributed by atoms with van der Waals surface area (Å²) in [5.74, 6) is 0.614. The maximum atomic E-state index is 10.9. The average Bonchev–Trinajstić information content (AvgIpc) is 2.03. The molecule has 0 fully saturated rings. The molecule has 1 atom stereocenters. The van der Waals surface area contributed by atoms with Gasteiger partial charge in [-0.15, -0.1) is 0 Å². The molecule has 0 aromatic carbocycles. The second kappa shape index (κ2) is 8.23. The van der Waals surface area contributed by atoms with Gasteiger partial charge in [0.15, 0.2) is 0 Å². The Kier molecular flexibility index (Phi) is 7.99. The van der Waals surface area contributed by atoms with E-state index >= 15 is 0 Å². The van der Waals surface area contributed by atoms with Crippen LogP contribution in [0.1, 0.15) is 32.6 Å².